The van der Waals surface area contributed by atoms with E-state index in [-0.39, 0.29) is 6.10 Å². The Balaban J connectivity index is 1.94. The van der Waals surface area contributed by atoms with Gasteiger partial charge in [0.25, 0.3) is 0 Å². The van der Waals surface area contributed by atoms with Crippen LogP contribution in [0.3, 0.4) is 0 Å². The lowest BCUT2D eigenvalue weighted by Crippen LogP contribution is -2.12. The Hall–Kier alpha value is -0.860. The van der Waals surface area contributed by atoms with E-state index in [2.05, 4.69) is 11.8 Å². The van der Waals surface area contributed by atoms with Crippen molar-refractivity contribution < 1.29 is 5.11 Å². The van der Waals surface area contributed by atoms with Gasteiger partial charge in [0.1, 0.15) is 0 Å². The van der Waals surface area contributed by atoms with Crippen molar-refractivity contribution in [3.63, 3.8) is 0 Å². The highest BCUT2D eigenvalue weighted by Gasteiger charge is 2.30. The minimum atomic E-state index is -0.328. The quantitative estimate of drug-likeness (QED) is 0.706. The van der Waals surface area contributed by atoms with Crippen LogP contribution in [0.25, 0.3) is 0 Å². The summed E-state index contributed by atoms with van der Waals surface area (Å²) in [5.74, 6) is 0. The first-order valence-electron chi connectivity index (χ1n) is 4.74. The summed E-state index contributed by atoms with van der Waals surface area (Å²) in [5, 5.41) is 9.81. The molecule has 0 saturated carbocycles. The minimum Gasteiger partial charge on any atom is -0.387 e. The van der Waals surface area contributed by atoms with Crippen LogP contribution in [0.4, 0.5) is 0 Å². The Bertz CT molecular complexity index is 273. The number of nitrogens with zero attached hydrogens (tertiary/aromatic N) is 1. The first-order valence-corrected chi connectivity index (χ1v) is 4.74. The van der Waals surface area contributed by atoms with Gasteiger partial charge >= 0.3 is 0 Å². The molecule has 0 spiro atoms. The lowest BCUT2D eigenvalue weighted by molar-refractivity contribution is 0.153. The van der Waals surface area contributed by atoms with Crippen LogP contribution in [0.2, 0.25) is 0 Å². The van der Waals surface area contributed by atoms with Gasteiger partial charge in [0.2, 0.25) is 0 Å². The fourth-order valence-electron chi connectivity index (χ4n) is 1.55. The molecule has 2 nitrogen and oxygen atoms in total. The van der Waals surface area contributed by atoms with E-state index in [1.807, 2.05) is 30.3 Å². The zero-order valence-corrected chi connectivity index (χ0v) is 7.85. The molecule has 3 atom stereocenters. The summed E-state index contributed by atoms with van der Waals surface area (Å²) in [6.45, 7) is 4.08. The van der Waals surface area contributed by atoms with E-state index in [1.165, 1.54) is 0 Å². The molecule has 2 heteroatoms. The number of hydrogen-bond donors (Lipinski definition) is 1. The highest BCUT2D eigenvalue weighted by molar-refractivity contribution is 5.17. The molecule has 0 bridgehead atoms. The van der Waals surface area contributed by atoms with Gasteiger partial charge in [0.15, 0.2) is 0 Å². The summed E-state index contributed by atoms with van der Waals surface area (Å²) in [4.78, 5) is 2.26. The first-order chi connectivity index (χ1) is 6.27. The SMILES string of the molecule is C[C@H]1CN1C[C@@H](O)c1ccccc1. The molecule has 2 rings (SSSR count). The molecule has 13 heavy (non-hydrogen) atoms. The van der Waals surface area contributed by atoms with E-state index in [0.29, 0.717) is 6.04 Å². The fourth-order valence-corrected chi connectivity index (χ4v) is 1.55. The van der Waals surface area contributed by atoms with Gasteiger partial charge in [-0.25, -0.2) is 0 Å². The predicted octanol–water partition coefficient (Wildman–Crippen LogP) is 1.42. The summed E-state index contributed by atoms with van der Waals surface area (Å²) in [5.41, 5.74) is 1.02. The van der Waals surface area contributed by atoms with Crippen LogP contribution in [0.15, 0.2) is 30.3 Å². The van der Waals surface area contributed by atoms with Crippen LogP contribution in [-0.2, 0) is 0 Å². The van der Waals surface area contributed by atoms with E-state index in [1.54, 1.807) is 0 Å². The second kappa shape index (κ2) is 3.48. The number of benzene rings is 1. The largest absolute Gasteiger partial charge is 0.387 e. The fraction of sp³-hybridized carbons (Fsp3) is 0.455. The third kappa shape index (κ3) is 2.08. The van der Waals surface area contributed by atoms with E-state index >= 15 is 0 Å². The van der Waals surface area contributed by atoms with Crippen molar-refractivity contribution in [2.75, 3.05) is 13.1 Å². The number of aliphatic hydroxyl groups excluding tert-OH is 1. The molecule has 1 saturated heterocycles. The van der Waals surface area contributed by atoms with Crippen LogP contribution in [-0.4, -0.2) is 29.1 Å². The van der Waals surface area contributed by atoms with Gasteiger partial charge in [-0.3, -0.25) is 4.90 Å². The third-order valence-corrected chi connectivity index (χ3v) is 2.58. The second-order valence-electron chi connectivity index (χ2n) is 3.73. The predicted molar refractivity (Wildman–Crippen MR) is 52.4 cm³/mol. The minimum absolute atomic E-state index is 0.328. The normalized spacial score (nSPS) is 28.5. The molecule has 0 radical (unpaired) electrons. The van der Waals surface area contributed by atoms with Crippen LogP contribution >= 0.6 is 0 Å². The summed E-state index contributed by atoms with van der Waals surface area (Å²) in [7, 11) is 0. The van der Waals surface area contributed by atoms with Gasteiger partial charge in [-0.05, 0) is 12.5 Å². The molecule has 1 heterocycles. The lowest BCUT2D eigenvalue weighted by Gasteiger charge is -2.11. The van der Waals surface area contributed by atoms with Gasteiger partial charge in [-0.15, -0.1) is 0 Å². The summed E-state index contributed by atoms with van der Waals surface area (Å²) in [6, 6.07) is 10.5. The van der Waals surface area contributed by atoms with Gasteiger partial charge < -0.3 is 5.11 Å². The number of hydrogen-bond acceptors (Lipinski definition) is 2. The molecule has 0 aliphatic carbocycles. The highest BCUT2D eigenvalue weighted by atomic mass is 16.3. The monoisotopic (exact) mass is 177 g/mol. The van der Waals surface area contributed by atoms with Crippen molar-refractivity contribution in [3.8, 4) is 0 Å². The van der Waals surface area contributed by atoms with Crippen LogP contribution < -0.4 is 0 Å². The average molecular weight is 177 g/mol. The van der Waals surface area contributed by atoms with Crippen molar-refractivity contribution >= 4 is 0 Å². The van der Waals surface area contributed by atoms with Crippen LogP contribution in [0.5, 0.6) is 0 Å². The standard InChI is InChI=1S/C11H15NO/c1-9-7-12(9)8-11(13)10-5-3-2-4-6-10/h2-6,9,11,13H,7-8H2,1H3/t9-,11+,12?/m0/s1. The van der Waals surface area contributed by atoms with E-state index in [0.717, 1.165) is 18.7 Å². The maximum atomic E-state index is 9.81. The van der Waals surface area contributed by atoms with Crippen molar-refractivity contribution in [1.29, 1.82) is 0 Å². The van der Waals surface area contributed by atoms with Gasteiger partial charge in [0.05, 0.1) is 6.10 Å². The molecule has 1 aromatic carbocycles. The maximum Gasteiger partial charge on any atom is 0.0917 e. The summed E-state index contributed by atoms with van der Waals surface area (Å²) >= 11 is 0. The van der Waals surface area contributed by atoms with Crippen LogP contribution in [0, 0.1) is 0 Å². The summed E-state index contributed by atoms with van der Waals surface area (Å²) < 4.78 is 0. The van der Waals surface area contributed by atoms with Crippen molar-refractivity contribution in [3.05, 3.63) is 35.9 Å². The molecule has 1 fully saturated rings. The van der Waals surface area contributed by atoms with Gasteiger partial charge in [-0.2, -0.15) is 0 Å². The van der Waals surface area contributed by atoms with E-state index < -0.39 is 0 Å². The molecule has 1 N–H and O–H groups in total. The molecule has 1 aliphatic heterocycles. The second-order valence-corrected chi connectivity index (χ2v) is 3.73. The molecule has 0 amide bonds. The van der Waals surface area contributed by atoms with Crippen molar-refractivity contribution in [1.82, 2.24) is 4.90 Å². The molecule has 0 aromatic heterocycles. The number of rotatable bonds is 3. The molecule has 1 aromatic rings. The van der Waals surface area contributed by atoms with E-state index in [4.69, 9.17) is 0 Å². The van der Waals surface area contributed by atoms with Crippen LogP contribution in [0.1, 0.15) is 18.6 Å². The highest BCUT2D eigenvalue weighted by Crippen LogP contribution is 2.22. The lowest BCUT2D eigenvalue weighted by atomic mass is 10.1. The summed E-state index contributed by atoms with van der Waals surface area (Å²) in [6.07, 6.45) is -0.328. The van der Waals surface area contributed by atoms with Crippen molar-refractivity contribution in [2.24, 2.45) is 0 Å². The van der Waals surface area contributed by atoms with E-state index in [9.17, 15) is 5.11 Å². The molecular formula is C11H15NO. The third-order valence-electron chi connectivity index (χ3n) is 2.58. The first kappa shape index (κ1) is 8.73. The van der Waals surface area contributed by atoms with Gasteiger partial charge in [0, 0.05) is 19.1 Å². The number of β-amino-alcohol motifs (C(OH)–C–C–N with tert-alkyl or cyclic N) is 1. The Labute approximate surface area is 78.8 Å². The molecule has 70 valence electrons. The van der Waals surface area contributed by atoms with Gasteiger partial charge in [-0.1, -0.05) is 30.3 Å². The average Bonchev–Trinajstić information content (AvgIpc) is 2.83. The van der Waals surface area contributed by atoms with Crippen molar-refractivity contribution in [2.45, 2.75) is 19.1 Å². The number of aliphatic hydroxyl groups is 1. The Morgan fingerprint density at radius 3 is 2.62 bits per heavy atom. The molecular weight excluding hydrogens is 162 g/mol. The molecule has 1 aliphatic rings. The smallest absolute Gasteiger partial charge is 0.0917 e. The Morgan fingerprint density at radius 1 is 1.46 bits per heavy atom. The zero-order valence-electron chi connectivity index (χ0n) is 7.85. The Kier molecular flexibility index (Phi) is 2.34. The zero-order chi connectivity index (χ0) is 9.26. The Morgan fingerprint density at radius 2 is 2.08 bits per heavy atom. The molecule has 1 unspecified atom stereocenters. The maximum absolute atomic E-state index is 9.81. The topological polar surface area (TPSA) is 23.2 Å².